The molecule has 2 aromatic heterocycles. The van der Waals surface area contributed by atoms with E-state index >= 15 is 0 Å². The minimum Gasteiger partial charge on any atom is -0.385 e. The zero-order valence-corrected chi connectivity index (χ0v) is 18.2. The third kappa shape index (κ3) is 4.35. The lowest BCUT2D eigenvalue weighted by Gasteiger charge is -2.13. The molecule has 29 heavy (non-hydrogen) atoms. The van der Waals surface area contributed by atoms with Crippen LogP contribution in [0, 0.1) is 0 Å². The van der Waals surface area contributed by atoms with Gasteiger partial charge in [-0.2, -0.15) is 5.10 Å². The fraction of sp³-hybridized carbons (Fsp3) is 0.190. The molecule has 5 nitrogen and oxygen atoms in total. The van der Waals surface area contributed by atoms with E-state index in [1.807, 2.05) is 64.8 Å². The van der Waals surface area contributed by atoms with Crippen LogP contribution >= 0.6 is 35.3 Å². The first-order valence-corrected chi connectivity index (χ1v) is 11.2. The molecule has 0 unspecified atom stereocenters. The largest absolute Gasteiger partial charge is 0.385 e. The predicted octanol–water partition coefficient (Wildman–Crippen LogP) is 4.84. The molecular formula is C21H19N3O2S3. The molecule has 1 fully saturated rings. The number of methoxy groups -OCH3 is 1. The Morgan fingerprint density at radius 3 is 2.76 bits per heavy atom. The van der Waals surface area contributed by atoms with Crippen LogP contribution in [0.5, 0.6) is 0 Å². The van der Waals surface area contributed by atoms with Crippen molar-refractivity contribution in [2.24, 2.45) is 0 Å². The van der Waals surface area contributed by atoms with E-state index in [0.717, 1.165) is 28.2 Å². The number of thiophene rings is 1. The fourth-order valence-electron chi connectivity index (χ4n) is 3.01. The number of carbonyl (C=O) groups excluding carboxylic acids is 1. The smallest absolute Gasteiger partial charge is 0.266 e. The molecule has 1 amide bonds. The lowest BCUT2D eigenvalue weighted by Crippen LogP contribution is -2.29. The normalized spacial score (nSPS) is 15.6. The number of carbonyl (C=O) groups is 1. The van der Waals surface area contributed by atoms with Gasteiger partial charge in [0.1, 0.15) is 10.0 Å². The van der Waals surface area contributed by atoms with Gasteiger partial charge in [0, 0.05) is 32.0 Å². The van der Waals surface area contributed by atoms with E-state index in [-0.39, 0.29) is 5.91 Å². The Morgan fingerprint density at radius 2 is 2.03 bits per heavy atom. The van der Waals surface area contributed by atoms with Gasteiger partial charge >= 0.3 is 0 Å². The lowest BCUT2D eigenvalue weighted by molar-refractivity contribution is -0.122. The second kappa shape index (κ2) is 9.04. The van der Waals surface area contributed by atoms with Gasteiger partial charge in [-0.05, 0) is 36.1 Å². The van der Waals surface area contributed by atoms with Crippen molar-refractivity contribution in [3.63, 3.8) is 0 Å². The molecule has 0 N–H and O–H groups in total. The van der Waals surface area contributed by atoms with Crippen molar-refractivity contribution in [3.8, 4) is 16.3 Å². The highest BCUT2D eigenvalue weighted by molar-refractivity contribution is 8.26. The molecule has 148 valence electrons. The Hall–Kier alpha value is -2.26. The fourth-order valence-corrected chi connectivity index (χ4v) is 5.04. The highest BCUT2D eigenvalue weighted by Crippen LogP contribution is 2.35. The van der Waals surface area contributed by atoms with E-state index in [1.54, 1.807) is 23.3 Å². The Bertz CT molecular complexity index is 1040. The summed E-state index contributed by atoms with van der Waals surface area (Å²) in [6, 6.07) is 14.0. The summed E-state index contributed by atoms with van der Waals surface area (Å²) in [5, 5.41) is 6.81. The summed E-state index contributed by atoms with van der Waals surface area (Å²) in [6.45, 7) is 1.17. The maximum Gasteiger partial charge on any atom is 0.266 e. The van der Waals surface area contributed by atoms with Gasteiger partial charge in [0.15, 0.2) is 0 Å². The van der Waals surface area contributed by atoms with Crippen molar-refractivity contribution in [1.82, 2.24) is 14.7 Å². The minimum absolute atomic E-state index is 0.0549. The van der Waals surface area contributed by atoms with E-state index < -0.39 is 0 Å². The van der Waals surface area contributed by atoms with Gasteiger partial charge in [-0.3, -0.25) is 9.69 Å². The lowest BCUT2D eigenvalue weighted by atomic mass is 10.2. The average Bonchev–Trinajstić information content (AvgIpc) is 3.45. The van der Waals surface area contributed by atoms with Crippen LogP contribution in [0.15, 0.2) is 58.9 Å². The molecule has 0 spiro atoms. The molecular weight excluding hydrogens is 422 g/mol. The van der Waals surface area contributed by atoms with Crippen molar-refractivity contribution in [1.29, 1.82) is 0 Å². The average molecular weight is 442 g/mol. The molecule has 1 saturated heterocycles. The zero-order valence-electron chi connectivity index (χ0n) is 15.8. The van der Waals surface area contributed by atoms with Crippen molar-refractivity contribution >= 4 is 51.6 Å². The number of nitrogens with zero attached hydrogens (tertiary/aromatic N) is 3. The Kier molecular flexibility index (Phi) is 6.25. The molecule has 0 radical (unpaired) electrons. The first-order chi connectivity index (χ1) is 14.2. The Morgan fingerprint density at radius 1 is 1.21 bits per heavy atom. The highest BCUT2D eigenvalue weighted by atomic mass is 32.2. The summed E-state index contributed by atoms with van der Waals surface area (Å²) in [7, 11) is 1.65. The Balaban J connectivity index is 1.68. The molecule has 0 aliphatic carbocycles. The number of aromatic nitrogens is 2. The number of amides is 1. The first kappa shape index (κ1) is 20.0. The van der Waals surface area contributed by atoms with Gasteiger partial charge in [0.25, 0.3) is 5.91 Å². The quantitative estimate of drug-likeness (QED) is 0.298. The van der Waals surface area contributed by atoms with Crippen LogP contribution in [0.3, 0.4) is 0 Å². The van der Waals surface area contributed by atoms with Crippen LogP contribution in [0.25, 0.3) is 22.3 Å². The van der Waals surface area contributed by atoms with Crippen molar-refractivity contribution < 1.29 is 9.53 Å². The van der Waals surface area contributed by atoms with Crippen molar-refractivity contribution in [2.45, 2.75) is 6.42 Å². The van der Waals surface area contributed by atoms with Gasteiger partial charge < -0.3 is 4.74 Å². The maximum absolute atomic E-state index is 12.9. The van der Waals surface area contributed by atoms with Gasteiger partial charge in [0.05, 0.1) is 15.5 Å². The third-order valence-electron chi connectivity index (χ3n) is 4.41. The number of para-hydroxylation sites is 1. The zero-order chi connectivity index (χ0) is 20.2. The summed E-state index contributed by atoms with van der Waals surface area (Å²) in [5.74, 6) is -0.0549. The Labute approximate surface area is 183 Å². The molecule has 3 aromatic rings. The molecule has 3 heterocycles. The van der Waals surface area contributed by atoms with Crippen LogP contribution in [0.2, 0.25) is 0 Å². The molecule has 1 aliphatic heterocycles. The number of thiocarbonyl (C=S) groups is 1. The summed E-state index contributed by atoms with van der Waals surface area (Å²) < 4.78 is 7.52. The summed E-state index contributed by atoms with van der Waals surface area (Å²) in [5.41, 5.74) is 2.72. The summed E-state index contributed by atoms with van der Waals surface area (Å²) in [4.78, 5) is 16.2. The van der Waals surface area contributed by atoms with Gasteiger partial charge in [0.2, 0.25) is 0 Å². The number of hydrogen-bond acceptors (Lipinski definition) is 6. The van der Waals surface area contributed by atoms with Crippen LogP contribution < -0.4 is 0 Å². The molecule has 0 bridgehead atoms. The highest BCUT2D eigenvalue weighted by Gasteiger charge is 2.32. The van der Waals surface area contributed by atoms with Crippen molar-refractivity contribution in [2.75, 3.05) is 20.3 Å². The second-order valence-electron chi connectivity index (χ2n) is 6.37. The van der Waals surface area contributed by atoms with Crippen LogP contribution in [-0.2, 0) is 9.53 Å². The summed E-state index contributed by atoms with van der Waals surface area (Å²) >= 11 is 8.39. The van der Waals surface area contributed by atoms with E-state index in [9.17, 15) is 4.79 Å². The van der Waals surface area contributed by atoms with E-state index in [1.165, 1.54) is 11.8 Å². The van der Waals surface area contributed by atoms with Crippen LogP contribution in [0.1, 0.15) is 12.0 Å². The molecule has 1 aromatic carbocycles. The van der Waals surface area contributed by atoms with Crippen LogP contribution in [-0.4, -0.2) is 45.2 Å². The molecule has 0 saturated carbocycles. The van der Waals surface area contributed by atoms with Gasteiger partial charge in [-0.1, -0.05) is 48.2 Å². The van der Waals surface area contributed by atoms with E-state index in [0.29, 0.717) is 22.4 Å². The topological polar surface area (TPSA) is 47.4 Å². The molecule has 8 heteroatoms. The van der Waals surface area contributed by atoms with Crippen molar-refractivity contribution in [3.05, 3.63) is 64.5 Å². The molecule has 1 aliphatic rings. The summed E-state index contributed by atoms with van der Waals surface area (Å²) in [6.07, 6.45) is 4.61. The molecule has 4 rings (SSSR count). The number of hydrogen-bond donors (Lipinski definition) is 0. The van der Waals surface area contributed by atoms with Crippen LogP contribution in [0.4, 0.5) is 0 Å². The van der Waals surface area contributed by atoms with Gasteiger partial charge in [-0.25, -0.2) is 4.68 Å². The van der Waals surface area contributed by atoms with E-state index in [2.05, 4.69) is 0 Å². The number of thioether (sulfide) groups is 1. The number of ether oxygens (including phenoxy) is 1. The minimum atomic E-state index is -0.0549. The second-order valence-corrected chi connectivity index (χ2v) is 8.99. The standard InChI is InChI=1S/C21H19N3O2S3/c1-26-11-6-10-23-20(25)18(29-21(23)27)13-15-14-24(16-7-3-2-4-8-16)22-19(15)17-9-5-12-28-17/h2-5,7-9,12-14H,6,10-11H2,1H3. The number of benzene rings is 1. The predicted molar refractivity (Wildman–Crippen MR) is 123 cm³/mol. The molecule has 0 atom stereocenters. The SMILES string of the molecule is COCCCN1C(=O)C(=Cc2cn(-c3ccccc3)nc2-c2cccs2)SC1=S. The number of rotatable bonds is 7. The van der Waals surface area contributed by atoms with E-state index in [4.69, 9.17) is 22.1 Å². The first-order valence-electron chi connectivity index (χ1n) is 9.10. The monoisotopic (exact) mass is 441 g/mol. The maximum atomic E-state index is 12.9. The third-order valence-corrected chi connectivity index (χ3v) is 6.66. The van der Waals surface area contributed by atoms with Gasteiger partial charge in [-0.15, -0.1) is 11.3 Å².